The first-order valence-corrected chi connectivity index (χ1v) is 67.1. The highest BCUT2D eigenvalue weighted by molar-refractivity contribution is 6.95. The third-order valence-corrected chi connectivity index (χ3v) is 67.6. The first kappa shape index (κ1) is 69.6. The largest absolute Gasteiger partial charge is 0.436 e. The summed E-state index contributed by atoms with van der Waals surface area (Å²) in [6.07, 6.45) is 1.92. The Bertz CT molecular complexity index is 1430. The summed E-state index contributed by atoms with van der Waals surface area (Å²) in [5.41, 5.74) is 11.6. The second kappa shape index (κ2) is 24.7. The monoisotopic (exact) mass is 1210 g/mol. The molecule has 4 N–H and O–H groups in total. The van der Waals surface area contributed by atoms with Gasteiger partial charge < -0.3 is 69.1 Å². The summed E-state index contributed by atoms with van der Waals surface area (Å²) in [6.45, 7) is 64.3. The van der Waals surface area contributed by atoms with Crippen LogP contribution in [-0.4, -0.2) is 141 Å². The van der Waals surface area contributed by atoms with Crippen LogP contribution < -0.4 is 11.5 Å². The normalized spacial score (nSPS) is 15.8. The van der Waals surface area contributed by atoms with E-state index in [9.17, 15) is 0 Å². The van der Waals surface area contributed by atoms with Gasteiger partial charge >= 0.3 is 111 Å². The molecule has 0 aromatic rings. The molecule has 0 aromatic heterocycles. The van der Waals surface area contributed by atoms with Crippen LogP contribution >= 0.6 is 0 Å². The van der Waals surface area contributed by atoms with E-state index in [1.54, 1.807) is 0 Å². The highest BCUT2D eigenvalue weighted by Gasteiger charge is 2.53. The second-order valence-corrected chi connectivity index (χ2v) is 80.8. The molecule has 0 spiro atoms. The van der Waals surface area contributed by atoms with Crippen LogP contribution in [0.25, 0.3) is 0 Å². The van der Waals surface area contributed by atoms with Crippen molar-refractivity contribution in [3.05, 3.63) is 0 Å². The Hall–Kier alpha value is 2.61. The molecule has 0 aliphatic carbocycles. The fourth-order valence-corrected chi connectivity index (χ4v) is 87.3. The zero-order chi connectivity index (χ0) is 53.6. The van der Waals surface area contributed by atoms with E-state index in [1.807, 2.05) is 0 Å². The minimum Gasteiger partial charge on any atom is -0.436 e. The Morgan fingerprint density at radius 1 is 0.194 bits per heavy atom. The Kier molecular flexibility index (Phi) is 25.7. The average molecular weight is 1210 g/mol. The Morgan fingerprint density at radius 2 is 0.299 bits per heavy atom. The molecule has 0 rings (SSSR count). The van der Waals surface area contributed by atoms with Crippen molar-refractivity contribution in [3.63, 3.8) is 0 Å². The molecular weight excluding hydrogens is 1110 g/mol. The van der Waals surface area contributed by atoms with Gasteiger partial charge in [-0.25, -0.2) is 0 Å². The summed E-state index contributed by atoms with van der Waals surface area (Å²) >= 11 is 0. The lowest BCUT2D eigenvalue weighted by Gasteiger charge is -2.45. The molecule has 0 amide bonds. The summed E-state index contributed by atoms with van der Waals surface area (Å²) in [5.74, 6) is 0. The lowest BCUT2D eigenvalue weighted by Crippen LogP contribution is -2.63. The van der Waals surface area contributed by atoms with E-state index in [-0.39, 0.29) is 0 Å². The molecule has 0 bridgehead atoms. The predicted octanol–water partition coefficient (Wildman–Crippen LogP) is 11.4. The van der Waals surface area contributed by atoms with Gasteiger partial charge in [0.05, 0.1) is 0 Å². The van der Waals surface area contributed by atoms with Gasteiger partial charge in [-0.2, -0.15) is 0 Å². The van der Waals surface area contributed by atoms with Crippen LogP contribution in [0.3, 0.4) is 0 Å². The van der Waals surface area contributed by atoms with Crippen LogP contribution in [0.15, 0.2) is 0 Å². The minimum absolute atomic E-state index is 0.669. The molecule has 0 unspecified atom stereocenters. The summed E-state index contributed by atoms with van der Waals surface area (Å²) in [7, 11) is -39.0. The SMILES string of the molecule is C[Si](C)(CCCN)O[Si](C)(C)O[Si](C)(C)O[Si](C)(C)O[Si](C)(C)O[Si](C)(C)O[Si](C)(C)O[Si](C)(C)O[Si](C)(C)O[Si](C)(C)O[Si](C)(C)O[Si](C)(C)O[Si](C)(C)O[Si](C)(C)O[Si](C)(C)CCCN. The Labute approximate surface area is 428 Å². The highest BCUT2D eigenvalue weighted by Crippen LogP contribution is 2.33. The Balaban J connectivity index is 5.70. The van der Waals surface area contributed by atoms with E-state index >= 15 is 0 Å². The maximum absolute atomic E-state index is 6.90. The van der Waals surface area contributed by atoms with Gasteiger partial charge in [-0.15, -0.1) is 0 Å². The molecule has 0 atom stereocenters. The number of rotatable bonds is 34. The first-order valence-electron chi connectivity index (χ1n) is 24.2. The molecular formula is C36H106N2O14Si15. The minimum atomic E-state index is -2.80. The van der Waals surface area contributed by atoms with Gasteiger partial charge in [-0.3, -0.25) is 0 Å². The quantitative estimate of drug-likeness (QED) is 0.0580. The summed E-state index contributed by atoms with van der Waals surface area (Å²) in [4.78, 5) is 0. The van der Waals surface area contributed by atoms with E-state index in [1.165, 1.54) is 0 Å². The molecule has 0 heterocycles. The van der Waals surface area contributed by atoms with Crippen molar-refractivity contribution in [1.82, 2.24) is 0 Å². The van der Waals surface area contributed by atoms with Crippen molar-refractivity contribution in [2.45, 2.75) is 221 Å². The van der Waals surface area contributed by atoms with Gasteiger partial charge in [-0.05, 0) is 234 Å². The van der Waals surface area contributed by atoms with E-state index in [0.29, 0.717) is 13.1 Å². The van der Waals surface area contributed by atoms with Crippen LogP contribution in [0.1, 0.15) is 12.8 Å². The lowest BCUT2D eigenvalue weighted by molar-refractivity contribution is 0.251. The molecule has 0 radical (unpaired) electrons. The van der Waals surface area contributed by atoms with E-state index in [4.69, 9.17) is 69.1 Å². The van der Waals surface area contributed by atoms with Crippen molar-refractivity contribution in [2.24, 2.45) is 11.5 Å². The third-order valence-electron chi connectivity index (χ3n) is 8.91. The Morgan fingerprint density at radius 3 is 0.403 bits per heavy atom. The zero-order valence-electron chi connectivity index (χ0n) is 48.6. The molecule has 0 saturated heterocycles. The zero-order valence-corrected chi connectivity index (χ0v) is 63.6. The van der Waals surface area contributed by atoms with Gasteiger partial charge in [0.2, 0.25) is 0 Å². The van der Waals surface area contributed by atoms with E-state index < -0.39 is 128 Å². The maximum atomic E-state index is 6.90. The second-order valence-electron chi connectivity index (χ2n) is 24.9. The smallest absolute Gasteiger partial charge is 0.314 e. The van der Waals surface area contributed by atoms with Crippen molar-refractivity contribution >= 4 is 128 Å². The summed E-state index contributed by atoms with van der Waals surface area (Å²) in [5, 5.41) is 0. The van der Waals surface area contributed by atoms with Crippen LogP contribution in [0.4, 0.5) is 0 Å². The molecule has 0 aromatic carbocycles. The number of hydrogen-bond acceptors (Lipinski definition) is 16. The van der Waals surface area contributed by atoms with Crippen LogP contribution in [0.2, 0.25) is 208 Å². The van der Waals surface area contributed by atoms with Crippen LogP contribution in [-0.2, 0) is 57.6 Å². The number of hydrogen-bond donors (Lipinski definition) is 2. The van der Waals surface area contributed by atoms with Crippen molar-refractivity contribution in [2.75, 3.05) is 13.1 Å². The molecule has 0 aliphatic rings. The standard InChI is InChI=1S/C36H106N2O14Si15/c1-53(2,35-31-33-37)39-55(5,6)41-57(9,10)43-59(13,14)45-61(17,18)47-63(21,22)49-65(25,26)51-67(29,30)52-66(27,28)50-64(23,24)48-62(19,20)46-60(15,16)44-58(11,12)42-56(7,8)40-54(3,4)36-32-34-38/h31-38H2,1-30H3. The molecule has 67 heavy (non-hydrogen) atoms. The molecule has 0 saturated carbocycles. The lowest BCUT2D eigenvalue weighted by atomic mass is 10.5. The van der Waals surface area contributed by atoms with Gasteiger partial charge in [-0.1, -0.05) is 0 Å². The molecule has 404 valence electrons. The van der Waals surface area contributed by atoms with Gasteiger partial charge in [0.25, 0.3) is 0 Å². The van der Waals surface area contributed by atoms with Gasteiger partial charge in [0, 0.05) is 0 Å². The van der Waals surface area contributed by atoms with E-state index in [0.717, 1.165) is 24.9 Å². The summed E-state index contributed by atoms with van der Waals surface area (Å²) in [6, 6.07) is 2.02. The van der Waals surface area contributed by atoms with Gasteiger partial charge in [0.15, 0.2) is 16.6 Å². The van der Waals surface area contributed by atoms with E-state index in [2.05, 4.69) is 196 Å². The highest BCUT2D eigenvalue weighted by atomic mass is 28.5. The number of nitrogens with two attached hydrogens (primary N) is 2. The molecule has 0 aliphatic heterocycles. The van der Waals surface area contributed by atoms with Crippen LogP contribution in [0.5, 0.6) is 0 Å². The molecule has 16 nitrogen and oxygen atoms in total. The summed E-state index contributed by atoms with van der Waals surface area (Å²) < 4.78 is 95.6. The predicted molar refractivity (Wildman–Crippen MR) is 314 cm³/mol. The molecule has 31 heteroatoms. The average Bonchev–Trinajstić information content (AvgIpc) is 2.89. The van der Waals surface area contributed by atoms with Crippen molar-refractivity contribution < 1.29 is 57.6 Å². The van der Waals surface area contributed by atoms with Crippen LogP contribution in [0, 0.1) is 0 Å². The maximum Gasteiger partial charge on any atom is 0.314 e. The first-order chi connectivity index (χ1) is 29.0. The topological polar surface area (TPSA) is 181 Å². The fraction of sp³-hybridized carbons (Fsp3) is 1.00. The van der Waals surface area contributed by atoms with Crippen molar-refractivity contribution in [3.8, 4) is 0 Å². The third kappa shape index (κ3) is 32.6. The fourth-order valence-electron chi connectivity index (χ4n) is 9.86. The molecule has 0 fully saturated rings. The van der Waals surface area contributed by atoms with Gasteiger partial charge in [0.1, 0.15) is 0 Å². The van der Waals surface area contributed by atoms with Crippen molar-refractivity contribution in [1.29, 1.82) is 0 Å².